The maximum Gasteiger partial charge on any atom is 0.243 e. The lowest BCUT2D eigenvalue weighted by molar-refractivity contribution is -0.130. The van der Waals surface area contributed by atoms with E-state index < -0.39 is 39.5 Å². The second-order valence-electron chi connectivity index (χ2n) is 16.1. The molecule has 3 aromatic rings. The number of sulfonamides is 1. The molecule has 3 amide bonds. The Bertz CT molecular complexity index is 1910. The average molecular weight is 836 g/mol. The Morgan fingerprint density at radius 3 is 2.12 bits per heavy atom. The summed E-state index contributed by atoms with van der Waals surface area (Å²) in [5.41, 5.74) is 14.2. The predicted molar refractivity (Wildman–Crippen MR) is 232 cm³/mol. The Balaban J connectivity index is 1.65. The number of nitrogens with two attached hydrogens (primary N) is 2. The molecule has 59 heavy (non-hydrogen) atoms. The van der Waals surface area contributed by atoms with Gasteiger partial charge in [0.2, 0.25) is 27.7 Å². The van der Waals surface area contributed by atoms with Crippen molar-refractivity contribution >= 4 is 33.6 Å². The largest absolute Gasteiger partial charge is 0.384 e. The highest BCUT2D eigenvalue weighted by molar-refractivity contribution is 7.88. The lowest BCUT2D eigenvalue weighted by Gasteiger charge is -2.28. The number of rotatable bonds is 27. The number of nitrogen functional groups attached to an aromatic ring is 1. The minimum Gasteiger partial charge on any atom is -0.384 e. The molecule has 0 aromatic heterocycles. The van der Waals surface area contributed by atoms with Crippen molar-refractivity contribution in [2.24, 2.45) is 11.5 Å². The van der Waals surface area contributed by atoms with E-state index in [9.17, 15) is 22.8 Å². The normalized spacial score (nSPS) is 13.0. The van der Waals surface area contributed by atoms with Crippen LogP contribution in [0.15, 0.2) is 78.9 Å². The van der Waals surface area contributed by atoms with Gasteiger partial charge >= 0.3 is 0 Å². The summed E-state index contributed by atoms with van der Waals surface area (Å²) in [6.07, 6.45) is 3.61. The van der Waals surface area contributed by atoms with Gasteiger partial charge in [-0.25, -0.2) is 13.1 Å². The molecule has 0 saturated heterocycles. The number of carbonyl (C=O) groups is 3. The van der Waals surface area contributed by atoms with Gasteiger partial charge < -0.3 is 36.9 Å². The van der Waals surface area contributed by atoms with Crippen molar-refractivity contribution in [3.05, 3.63) is 107 Å². The van der Waals surface area contributed by atoms with Crippen LogP contribution in [0.25, 0.3) is 0 Å². The molecule has 3 aromatic carbocycles. The fourth-order valence-electron chi connectivity index (χ4n) is 6.14. The lowest BCUT2D eigenvalue weighted by atomic mass is 10.0. The van der Waals surface area contributed by atoms with Crippen molar-refractivity contribution in [1.82, 2.24) is 20.7 Å². The molecule has 0 heterocycles. The van der Waals surface area contributed by atoms with Crippen LogP contribution in [0.1, 0.15) is 100 Å². The Kier molecular flexibility index (Phi) is 19.6. The van der Waals surface area contributed by atoms with Crippen LogP contribution in [-0.2, 0) is 59.1 Å². The van der Waals surface area contributed by atoms with Crippen LogP contribution in [0.2, 0.25) is 0 Å². The molecule has 0 aliphatic carbocycles. The third-order valence-electron chi connectivity index (χ3n) is 10.1. The van der Waals surface area contributed by atoms with Crippen LogP contribution in [0.3, 0.4) is 0 Å². The van der Waals surface area contributed by atoms with Crippen molar-refractivity contribution in [3.8, 4) is 0 Å². The second-order valence-corrected chi connectivity index (χ2v) is 17.8. The van der Waals surface area contributed by atoms with Crippen LogP contribution in [0.5, 0.6) is 0 Å². The van der Waals surface area contributed by atoms with Gasteiger partial charge in [-0.1, -0.05) is 91.7 Å². The molecule has 9 N–H and O–H groups in total. The maximum atomic E-state index is 14.0. The van der Waals surface area contributed by atoms with Gasteiger partial charge in [0.05, 0.1) is 23.6 Å². The summed E-state index contributed by atoms with van der Waals surface area (Å²) < 4.78 is 40.9. The highest BCUT2D eigenvalue weighted by Crippen LogP contribution is 2.20. The number of methoxy groups -OCH3 is 1. The highest BCUT2D eigenvalue weighted by Gasteiger charge is 2.29. The first kappa shape index (κ1) is 48.7. The van der Waals surface area contributed by atoms with E-state index in [1.165, 1.54) is 0 Å². The summed E-state index contributed by atoms with van der Waals surface area (Å²) in [5, 5.41) is 16.3. The Morgan fingerprint density at radius 1 is 0.780 bits per heavy atom. The first-order chi connectivity index (χ1) is 27.9. The van der Waals surface area contributed by atoms with Crippen LogP contribution >= 0.6 is 0 Å². The van der Waals surface area contributed by atoms with E-state index in [2.05, 4.69) is 20.7 Å². The summed E-state index contributed by atoms with van der Waals surface area (Å²) in [6.45, 7) is 9.32. The average Bonchev–Trinajstić information content (AvgIpc) is 3.19. The number of hydrogen-bond acceptors (Lipinski definition) is 9. The third kappa shape index (κ3) is 18.9. The topological polar surface area (TPSA) is 228 Å². The summed E-state index contributed by atoms with van der Waals surface area (Å²) >= 11 is 0. The first-order valence-electron chi connectivity index (χ1n) is 20.2. The first-order valence-corrected chi connectivity index (χ1v) is 21.8. The van der Waals surface area contributed by atoms with E-state index in [0.29, 0.717) is 62.9 Å². The van der Waals surface area contributed by atoms with Crippen LogP contribution in [-0.4, -0.2) is 75.5 Å². The van der Waals surface area contributed by atoms with Gasteiger partial charge in [0.25, 0.3) is 0 Å². The number of amides is 3. The van der Waals surface area contributed by atoms with Gasteiger partial charge in [0.15, 0.2) is 0 Å². The molecule has 0 fully saturated rings. The molecule has 0 spiro atoms. The highest BCUT2D eigenvalue weighted by atomic mass is 32.2. The monoisotopic (exact) mass is 835 g/mol. The molecular formula is C44H65N7O7S. The van der Waals surface area contributed by atoms with Gasteiger partial charge in [-0.15, -0.1) is 0 Å². The minimum atomic E-state index is -3.97. The molecule has 0 aliphatic heterocycles. The van der Waals surface area contributed by atoms with Gasteiger partial charge in [-0.3, -0.25) is 19.8 Å². The molecule has 0 radical (unpaired) electrons. The molecule has 3 rings (SSSR count). The van der Waals surface area contributed by atoms with Gasteiger partial charge in [-0.2, -0.15) is 0 Å². The number of carbonyl (C=O) groups excluding carboxylic acids is 3. The van der Waals surface area contributed by atoms with E-state index in [4.69, 9.17) is 26.4 Å². The van der Waals surface area contributed by atoms with Gasteiger partial charge in [0, 0.05) is 45.1 Å². The standard InChI is InChI=1S/C44H65N7O7S/c1-43(2,57-5)24-26-58-44(3,4)23-22-39(52)48-25-11-7-10-17-37(51-59(55,56)31-33-13-8-6-9-14-33)42(54)50-38(28-34-15-12-16-35(27-34)29-45)41(53)49-30-32-18-20-36(21-19-32)40(46)47/h6,8-9,12-16,18-21,27,37-38,51H,7,10-11,17,22-26,28-31,45H2,1-5H3,(H3,46,47)(H,48,52)(H,49,53)(H,50,54)/t37-,38+/m1/s1. The Labute approximate surface area is 350 Å². The summed E-state index contributed by atoms with van der Waals surface area (Å²) in [4.78, 5) is 40.4. The van der Waals surface area contributed by atoms with E-state index in [1.807, 2.05) is 52.0 Å². The fourth-order valence-corrected chi connectivity index (χ4v) is 7.51. The molecule has 0 bridgehead atoms. The van der Waals surface area contributed by atoms with E-state index in [0.717, 1.165) is 23.1 Å². The summed E-state index contributed by atoms with van der Waals surface area (Å²) in [5.74, 6) is -1.57. The van der Waals surface area contributed by atoms with E-state index in [1.54, 1.807) is 61.7 Å². The molecule has 2 atom stereocenters. The van der Waals surface area contributed by atoms with Crippen molar-refractivity contribution in [1.29, 1.82) is 5.41 Å². The minimum absolute atomic E-state index is 0.0700. The zero-order chi connectivity index (χ0) is 43.5. The molecule has 0 aliphatic rings. The van der Waals surface area contributed by atoms with Crippen molar-refractivity contribution in [2.45, 2.75) is 121 Å². The quantitative estimate of drug-likeness (QED) is 0.0329. The maximum absolute atomic E-state index is 14.0. The fraction of sp³-hybridized carbons (Fsp3) is 0.500. The number of nitrogens with one attached hydrogen (secondary N) is 5. The number of ether oxygens (including phenoxy) is 2. The lowest BCUT2D eigenvalue weighted by Crippen LogP contribution is -2.54. The zero-order valence-corrected chi connectivity index (χ0v) is 36.1. The van der Waals surface area contributed by atoms with Crippen LogP contribution in [0, 0.1) is 5.41 Å². The van der Waals surface area contributed by atoms with Gasteiger partial charge in [0.1, 0.15) is 17.9 Å². The summed E-state index contributed by atoms with van der Waals surface area (Å²) in [6, 6.07) is 20.7. The van der Waals surface area contributed by atoms with Gasteiger partial charge in [-0.05, 0) is 75.6 Å². The smallest absolute Gasteiger partial charge is 0.243 e. The molecule has 0 unspecified atom stereocenters. The number of benzene rings is 3. The van der Waals surface area contributed by atoms with Crippen LogP contribution in [0.4, 0.5) is 0 Å². The number of hydrogen-bond donors (Lipinski definition) is 7. The van der Waals surface area contributed by atoms with Crippen LogP contribution < -0.4 is 32.1 Å². The van der Waals surface area contributed by atoms with Crippen molar-refractivity contribution < 1.29 is 32.3 Å². The number of amidine groups is 1. The summed E-state index contributed by atoms with van der Waals surface area (Å²) in [7, 11) is -2.30. The number of unbranched alkanes of at least 4 members (excludes halogenated alkanes) is 2. The molecule has 324 valence electrons. The Hall–Kier alpha value is -4.67. The predicted octanol–water partition coefficient (Wildman–Crippen LogP) is 4.33. The molecule has 0 saturated carbocycles. The molecule has 14 nitrogen and oxygen atoms in total. The molecule has 15 heteroatoms. The second kappa shape index (κ2) is 23.8. The van der Waals surface area contributed by atoms with Crippen molar-refractivity contribution in [3.63, 3.8) is 0 Å². The molecular weight excluding hydrogens is 771 g/mol. The van der Waals surface area contributed by atoms with Crippen molar-refractivity contribution in [2.75, 3.05) is 20.3 Å². The third-order valence-corrected chi connectivity index (χ3v) is 11.4. The SMILES string of the molecule is COC(C)(C)CCOC(C)(C)CCC(=O)NCCCCC[C@@H](NS(=O)(=O)Cc1ccccc1)C(=O)N[C@@H](Cc1cccc(CN)c1)C(=O)NCc1ccc(C(=N)N)cc1. The van der Waals surface area contributed by atoms with E-state index in [-0.39, 0.29) is 42.5 Å². The Morgan fingerprint density at radius 2 is 1.46 bits per heavy atom. The van der Waals surface area contributed by atoms with E-state index >= 15 is 0 Å². The zero-order valence-electron chi connectivity index (χ0n) is 35.3.